The molecule has 0 unspecified atom stereocenters. The number of aromatic nitrogens is 1. The second-order valence-electron chi connectivity index (χ2n) is 5.67. The standard InChI is InChI=1S/C15H20N2O2S2/c1-15(2)5-4-10-12(15)11(8-16)14(17-13(10)18)21-9-20-7-6-19-3/h4-7,9H2,1-3H3,(H,17,18). The number of fused-ring (bicyclic) bond motifs is 1. The minimum Gasteiger partial charge on any atom is -0.384 e. The van der Waals surface area contributed by atoms with Crippen LogP contribution < -0.4 is 5.56 Å². The summed E-state index contributed by atoms with van der Waals surface area (Å²) in [5.41, 5.74) is 2.29. The molecule has 114 valence electrons. The second-order valence-corrected chi connectivity index (χ2v) is 8.13. The molecule has 0 spiro atoms. The maximum absolute atomic E-state index is 12.2. The van der Waals surface area contributed by atoms with Crippen molar-refractivity contribution in [1.82, 2.24) is 4.98 Å². The van der Waals surface area contributed by atoms with Gasteiger partial charge >= 0.3 is 0 Å². The number of H-pyrrole nitrogens is 1. The van der Waals surface area contributed by atoms with Crippen molar-refractivity contribution in [3.8, 4) is 6.07 Å². The van der Waals surface area contributed by atoms with Crippen LogP contribution in [-0.4, -0.2) is 29.5 Å². The first-order valence-corrected chi connectivity index (χ1v) is 9.04. The lowest BCUT2D eigenvalue weighted by Crippen LogP contribution is -2.20. The van der Waals surface area contributed by atoms with Crippen molar-refractivity contribution in [2.75, 3.05) is 24.6 Å². The van der Waals surface area contributed by atoms with Gasteiger partial charge in [0.1, 0.15) is 6.07 Å². The molecule has 6 heteroatoms. The highest BCUT2D eigenvalue weighted by molar-refractivity contribution is 8.16. The molecule has 1 aliphatic rings. The summed E-state index contributed by atoms with van der Waals surface area (Å²) in [6, 6.07) is 2.31. The van der Waals surface area contributed by atoms with E-state index in [2.05, 4.69) is 24.9 Å². The Kier molecular flexibility index (Phi) is 5.42. The lowest BCUT2D eigenvalue weighted by Gasteiger charge is -2.21. The number of hydrogen-bond acceptors (Lipinski definition) is 5. The van der Waals surface area contributed by atoms with Gasteiger partial charge in [0, 0.05) is 23.5 Å². The summed E-state index contributed by atoms with van der Waals surface area (Å²) >= 11 is 3.27. The average molecular weight is 324 g/mol. The van der Waals surface area contributed by atoms with E-state index in [0.717, 1.165) is 34.8 Å². The monoisotopic (exact) mass is 324 g/mol. The van der Waals surface area contributed by atoms with E-state index in [-0.39, 0.29) is 11.0 Å². The molecule has 4 nitrogen and oxygen atoms in total. The fraction of sp³-hybridized carbons (Fsp3) is 0.600. The van der Waals surface area contributed by atoms with Gasteiger partial charge < -0.3 is 9.72 Å². The first kappa shape index (κ1) is 16.5. The number of thioether (sulfide) groups is 2. The van der Waals surface area contributed by atoms with Gasteiger partial charge in [-0.1, -0.05) is 25.6 Å². The maximum atomic E-state index is 12.2. The Bertz CT molecular complexity index is 617. The summed E-state index contributed by atoms with van der Waals surface area (Å²) in [6.07, 6.45) is 1.69. The molecule has 2 rings (SSSR count). The summed E-state index contributed by atoms with van der Waals surface area (Å²) in [5, 5.41) is 11.0. The number of ether oxygens (including phenoxy) is 1. The second kappa shape index (κ2) is 6.91. The highest BCUT2D eigenvalue weighted by Gasteiger charge is 2.35. The Balaban J connectivity index is 2.26. The van der Waals surface area contributed by atoms with Crippen LogP contribution in [0.2, 0.25) is 0 Å². The quantitative estimate of drug-likeness (QED) is 0.495. The predicted octanol–water partition coefficient (Wildman–Crippen LogP) is 2.90. The number of nitrogens with one attached hydrogen (secondary N) is 1. The van der Waals surface area contributed by atoms with Crippen LogP contribution in [0.1, 0.15) is 37.0 Å². The van der Waals surface area contributed by atoms with Crippen molar-refractivity contribution < 1.29 is 4.74 Å². The number of rotatable bonds is 6. The smallest absolute Gasteiger partial charge is 0.252 e. The first-order valence-electron chi connectivity index (χ1n) is 6.90. The zero-order valence-electron chi connectivity index (χ0n) is 12.6. The zero-order chi connectivity index (χ0) is 15.5. The molecule has 0 aromatic carbocycles. The van der Waals surface area contributed by atoms with Crippen molar-refractivity contribution in [3.63, 3.8) is 0 Å². The minimum absolute atomic E-state index is 0.0287. The van der Waals surface area contributed by atoms with Crippen molar-refractivity contribution in [2.45, 2.75) is 37.1 Å². The molecule has 21 heavy (non-hydrogen) atoms. The number of methoxy groups -OCH3 is 1. The Morgan fingerprint density at radius 2 is 2.24 bits per heavy atom. The Morgan fingerprint density at radius 3 is 2.90 bits per heavy atom. The van der Waals surface area contributed by atoms with Crippen LogP contribution >= 0.6 is 23.5 Å². The molecule has 0 radical (unpaired) electrons. The van der Waals surface area contributed by atoms with Crippen LogP contribution in [0.4, 0.5) is 0 Å². The molecule has 1 aromatic rings. The fourth-order valence-electron chi connectivity index (χ4n) is 2.68. The Labute approximate surface area is 133 Å². The lowest BCUT2D eigenvalue weighted by atomic mass is 9.84. The third-order valence-electron chi connectivity index (χ3n) is 3.79. The van der Waals surface area contributed by atoms with Gasteiger partial charge in [0.05, 0.1) is 17.2 Å². The topological polar surface area (TPSA) is 65.9 Å². The van der Waals surface area contributed by atoms with Gasteiger partial charge in [-0.3, -0.25) is 4.79 Å². The molecule has 0 saturated heterocycles. The van der Waals surface area contributed by atoms with Gasteiger partial charge in [-0.25, -0.2) is 0 Å². The molecule has 0 atom stereocenters. The third-order valence-corrected chi connectivity index (χ3v) is 5.98. The average Bonchev–Trinajstić information content (AvgIpc) is 2.76. The molecule has 0 saturated carbocycles. The van der Waals surface area contributed by atoms with E-state index in [1.54, 1.807) is 18.9 Å². The van der Waals surface area contributed by atoms with Crippen LogP contribution in [0.25, 0.3) is 0 Å². The van der Waals surface area contributed by atoms with Crippen LogP contribution in [0, 0.1) is 11.3 Å². The van der Waals surface area contributed by atoms with Gasteiger partial charge in [0.25, 0.3) is 5.56 Å². The summed E-state index contributed by atoms with van der Waals surface area (Å²) in [6.45, 7) is 4.94. The van der Waals surface area contributed by atoms with Crippen molar-refractivity contribution in [1.29, 1.82) is 5.26 Å². The lowest BCUT2D eigenvalue weighted by molar-refractivity contribution is 0.219. The number of nitriles is 1. The molecule has 0 bridgehead atoms. The molecule has 1 heterocycles. The molecule has 1 N–H and O–H groups in total. The van der Waals surface area contributed by atoms with E-state index in [1.165, 1.54) is 11.8 Å². The zero-order valence-corrected chi connectivity index (χ0v) is 14.2. The Morgan fingerprint density at radius 1 is 1.48 bits per heavy atom. The van der Waals surface area contributed by atoms with E-state index in [4.69, 9.17) is 4.74 Å². The SMILES string of the molecule is COCCSCSc1[nH]c(=O)c2c(c1C#N)C(C)(C)CC2. The van der Waals surface area contributed by atoms with E-state index < -0.39 is 0 Å². The summed E-state index contributed by atoms with van der Waals surface area (Å²) in [4.78, 5) is 15.1. The van der Waals surface area contributed by atoms with Crippen LogP contribution in [-0.2, 0) is 16.6 Å². The van der Waals surface area contributed by atoms with Crippen molar-refractivity contribution in [3.05, 3.63) is 27.0 Å². The molecule has 1 aliphatic carbocycles. The van der Waals surface area contributed by atoms with Gasteiger partial charge in [0.15, 0.2) is 0 Å². The molecule has 0 amide bonds. The van der Waals surface area contributed by atoms with Crippen LogP contribution in [0.15, 0.2) is 9.82 Å². The predicted molar refractivity (Wildman–Crippen MR) is 88.2 cm³/mol. The van der Waals surface area contributed by atoms with Crippen LogP contribution in [0.3, 0.4) is 0 Å². The number of pyridine rings is 1. The number of nitrogens with zero attached hydrogens (tertiary/aromatic N) is 1. The highest BCUT2D eigenvalue weighted by Crippen LogP contribution is 2.41. The number of hydrogen-bond donors (Lipinski definition) is 1. The van der Waals surface area contributed by atoms with E-state index in [0.29, 0.717) is 17.2 Å². The highest BCUT2D eigenvalue weighted by atomic mass is 32.2. The summed E-state index contributed by atoms with van der Waals surface area (Å²) < 4.78 is 5.01. The van der Waals surface area contributed by atoms with Gasteiger partial charge in [-0.15, -0.1) is 11.8 Å². The minimum atomic E-state index is -0.0901. The molecule has 1 aromatic heterocycles. The molecule has 0 aliphatic heterocycles. The molecular weight excluding hydrogens is 304 g/mol. The number of aromatic amines is 1. The van der Waals surface area contributed by atoms with E-state index >= 15 is 0 Å². The largest absolute Gasteiger partial charge is 0.384 e. The normalized spacial score (nSPS) is 15.7. The summed E-state index contributed by atoms with van der Waals surface area (Å²) in [7, 11) is 1.68. The van der Waals surface area contributed by atoms with E-state index in [9.17, 15) is 10.1 Å². The molecular formula is C15H20N2O2S2. The van der Waals surface area contributed by atoms with Crippen molar-refractivity contribution in [2.24, 2.45) is 0 Å². The van der Waals surface area contributed by atoms with Gasteiger partial charge in [-0.05, 0) is 23.8 Å². The molecule has 0 fully saturated rings. The van der Waals surface area contributed by atoms with Crippen molar-refractivity contribution >= 4 is 23.5 Å². The van der Waals surface area contributed by atoms with E-state index in [1.807, 2.05) is 0 Å². The third kappa shape index (κ3) is 3.47. The van der Waals surface area contributed by atoms with Gasteiger partial charge in [-0.2, -0.15) is 5.26 Å². The van der Waals surface area contributed by atoms with Crippen LogP contribution in [0.5, 0.6) is 0 Å². The van der Waals surface area contributed by atoms with Gasteiger partial charge in [0.2, 0.25) is 0 Å². The fourth-order valence-corrected chi connectivity index (χ4v) is 4.70. The first-order chi connectivity index (χ1) is 10.0. The Hall–Kier alpha value is -0.900. The summed E-state index contributed by atoms with van der Waals surface area (Å²) in [5.74, 6) is 0.909. The maximum Gasteiger partial charge on any atom is 0.252 e.